The predicted molar refractivity (Wildman–Crippen MR) is 70.4 cm³/mol. The van der Waals surface area contributed by atoms with E-state index in [0.29, 0.717) is 11.8 Å². The maximum Gasteiger partial charge on any atom is 0.127 e. The molecule has 1 aliphatic heterocycles. The lowest BCUT2D eigenvalue weighted by atomic mass is 9.67. The molecule has 4 heteroatoms. The van der Waals surface area contributed by atoms with Crippen LogP contribution in [0.1, 0.15) is 39.5 Å². The summed E-state index contributed by atoms with van der Waals surface area (Å²) in [6.45, 7) is 5.75. The van der Waals surface area contributed by atoms with Crippen LogP contribution >= 0.6 is 9.24 Å². The van der Waals surface area contributed by atoms with E-state index in [1.807, 2.05) is 0 Å². The second-order valence-electron chi connectivity index (χ2n) is 4.88. The third kappa shape index (κ3) is 3.70. The summed E-state index contributed by atoms with van der Waals surface area (Å²) in [5.74, 6) is 0.679. The van der Waals surface area contributed by atoms with E-state index in [1.165, 1.54) is 0 Å². The molecule has 1 aliphatic rings. The van der Waals surface area contributed by atoms with E-state index >= 15 is 0 Å². The maximum absolute atomic E-state index is 14.2. The second kappa shape index (κ2) is 6.35. The lowest BCUT2D eigenvalue weighted by Gasteiger charge is -2.41. The van der Waals surface area contributed by atoms with Crippen LogP contribution in [-0.4, -0.2) is 26.4 Å². The van der Waals surface area contributed by atoms with Crippen molar-refractivity contribution in [2.24, 2.45) is 17.8 Å². The van der Waals surface area contributed by atoms with Crippen molar-refractivity contribution in [3.63, 3.8) is 0 Å². The van der Waals surface area contributed by atoms with E-state index in [1.54, 1.807) is 0 Å². The predicted octanol–water partition coefficient (Wildman–Crippen LogP) is 3.13. The number of hydrogen-bond donors (Lipinski definition) is 0. The van der Waals surface area contributed by atoms with E-state index in [4.69, 9.17) is 12.6 Å². The molecule has 1 saturated heterocycles. The Bertz CT molecular complexity index is 198. The zero-order valence-electron chi connectivity index (χ0n) is 10.4. The largest absolute Gasteiger partial charge is 0.381 e. The number of alkyl halides is 1. The van der Waals surface area contributed by atoms with Gasteiger partial charge in [0, 0.05) is 13.2 Å². The van der Waals surface area contributed by atoms with Crippen molar-refractivity contribution in [3.8, 4) is 0 Å². The molecule has 0 aromatic carbocycles. The van der Waals surface area contributed by atoms with Gasteiger partial charge in [-0.15, -0.1) is 9.24 Å². The molecule has 0 aromatic heterocycles. The molecule has 0 saturated carbocycles. The van der Waals surface area contributed by atoms with E-state index in [0.717, 1.165) is 38.9 Å². The van der Waals surface area contributed by atoms with Crippen LogP contribution in [0.3, 0.4) is 0 Å². The molecular weight excluding hydrogens is 221 g/mol. The summed E-state index contributed by atoms with van der Waals surface area (Å²) in [6, 6.07) is 0. The van der Waals surface area contributed by atoms with E-state index in [-0.39, 0.29) is 5.92 Å². The molecule has 0 aliphatic carbocycles. The number of hydrogen-bond acceptors (Lipinski definition) is 1. The Labute approximate surface area is 103 Å². The van der Waals surface area contributed by atoms with Gasteiger partial charge in [0.1, 0.15) is 7.85 Å². The van der Waals surface area contributed by atoms with Crippen molar-refractivity contribution in [1.29, 1.82) is 0 Å². The first-order valence-electron chi connectivity index (χ1n) is 6.35. The third-order valence-corrected chi connectivity index (χ3v) is 4.23. The molecule has 3 unspecified atom stereocenters. The summed E-state index contributed by atoms with van der Waals surface area (Å²) in [5.41, 5.74) is 0. The SMILES string of the molecule is [B]C(F)(P)C(C(CC)CC)C1CCOCC1. The molecule has 16 heavy (non-hydrogen) atoms. The fourth-order valence-corrected chi connectivity index (χ4v) is 3.52. The van der Waals surface area contributed by atoms with Gasteiger partial charge in [-0.25, -0.2) is 0 Å². The average molecular weight is 244 g/mol. The fourth-order valence-electron chi connectivity index (χ4n) is 2.98. The molecular formula is C12H23BFOP. The smallest absolute Gasteiger partial charge is 0.127 e. The van der Waals surface area contributed by atoms with Crippen LogP contribution in [0.5, 0.6) is 0 Å². The van der Waals surface area contributed by atoms with Gasteiger partial charge in [-0.2, -0.15) is 0 Å². The van der Waals surface area contributed by atoms with Crippen LogP contribution in [0.25, 0.3) is 0 Å². The molecule has 1 nitrogen and oxygen atoms in total. The summed E-state index contributed by atoms with van der Waals surface area (Å²) in [6.07, 6.45) is 3.88. The van der Waals surface area contributed by atoms with Gasteiger partial charge in [-0.3, -0.25) is 4.39 Å². The Morgan fingerprint density at radius 3 is 2.25 bits per heavy atom. The number of halogens is 1. The molecule has 2 radical (unpaired) electrons. The summed E-state index contributed by atoms with van der Waals surface area (Å²) in [4.78, 5) is 0. The lowest BCUT2D eigenvalue weighted by Crippen LogP contribution is -2.40. The zero-order valence-corrected chi connectivity index (χ0v) is 11.6. The number of rotatable bonds is 5. The molecule has 92 valence electrons. The summed E-state index contributed by atoms with van der Waals surface area (Å²) < 4.78 is 19.5. The molecule has 1 fully saturated rings. The van der Waals surface area contributed by atoms with E-state index in [9.17, 15) is 4.39 Å². The van der Waals surface area contributed by atoms with Crippen molar-refractivity contribution in [1.82, 2.24) is 0 Å². The highest BCUT2D eigenvalue weighted by molar-refractivity contribution is 7.21. The van der Waals surface area contributed by atoms with Crippen molar-refractivity contribution in [2.45, 2.75) is 44.8 Å². The van der Waals surface area contributed by atoms with Crippen LogP contribution in [0.15, 0.2) is 0 Å². The Hall–Kier alpha value is 0.385. The van der Waals surface area contributed by atoms with Crippen LogP contribution < -0.4 is 0 Å². The molecule has 3 atom stereocenters. The molecule has 0 bridgehead atoms. The van der Waals surface area contributed by atoms with Crippen LogP contribution in [-0.2, 0) is 4.74 Å². The highest BCUT2D eigenvalue weighted by Crippen LogP contribution is 2.43. The maximum atomic E-state index is 14.2. The van der Waals surface area contributed by atoms with E-state index < -0.39 is 5.31 Å². The van der Waals surface area contributed by atoms with Crippen LogP contribution in [0, 0.1) is 17.8 Å². The third-order valence-electron chi connectivity index (χ3n) is 3.84. The van der Waals surface area contributed by atoms with Crippen molar-refractivity contribution in [2.75, 3.05) is 13.2 Å². The highest BCUT2D eigenvalue weighted by atomic mass is 31.0. The first-order valence-corrected chi connectivity index (χ1v) is 6.92. The van der Waals surface area contributed by atoms with Crippen molar-refractivity contribution < 1.29 is 9.13 Å². The van der Waals surface area contributed by atoms with Crippen molar-refractivity contribution in [3.05, 3.63) is 0 Å². The van der Waals surface area contributed by atoms with Crippen molar-refractivity contribution >= 4 is 17.1 Å². The van der Waals surface area contributed by atoms with Gasteiger partial charge in [-0.05, 0) is 30.6 Å². The summed E-state index contributed by atoms with van der Waals surface area (Å²) in [5, 5.41) is -1.64. The molecule has 0 spiro atoms. The van der Waals surface area contributed by atoms with E-state index in [2.05, 4.69) is 23.1 Å². The number of ether oxygens (including phenoxy) is 1. The van der Waals surface area contributed by atoms with Gasteiger partial charge in [0.15, 0.2) is 0 Å². The van der Waals surface area contributed by atoms with Gasteiger partial charge in [-0.1, -0.05) is 26.7 Å². The normalized spacial score (nSPS) is 24.3. The molecule has 0 amide bonds. The topological polar surface area (TPSA) is 9.23 Å². The monoisotopic (exact) mass is 244 g/mol. The minimum Gasteiger partial charge on any atom is -0.381 e. The molecule has 1 heterocycles. The fraction of sp³-hybridized carbons (Fsp3) is 1.00. The van der Waals surface area contributed by atoms with Gasteiger partial charge in [0.05, 0.1) is 5.31 Å². The standard InChI is InChI=1S/C12H23BFOP/c1-3-9(4-2)11(12(13,14)16)10-5-7-15-8-6-10/h9-11H,3-8,16H2,1-2H3. The molecule has 1 rings (SSSR count). The quantitative estimate of drug-likeness (QED) is 0.533. The van der Waals surface area contributed by atoms with Gasteiger partial charge >= 0.3 is 0 Å². The highest BCUT2D eigenvalue weighted by Gasteiger charge is 2.39. The summed E-state index contributed by atoms with van der Waals surface area (Å²) >= 11 is 0. The summed E-state index contributed by atoms with van der Waals surface area (Å²) in [7, 11) is 7.92. The van der Waals surface area contributed by atoms with Gasteiger partial charge in [0.2, 0.25) is 0 Å². The first-order chi connectivity index (χ1) is 7.50. The zero-order chi connectivity index (χ0) is 12.2. The van der Waals surface area contributed by atoms with Crippen LogP contribution in [0.2, 0.25) is 0 Å². The van der Waals surface area contributed by atoms with Gasteiger partial charge < -0.3 is 4.74 Å². The first kappa shape index (κ1) is 14.4. The second-order valence-corrected chi connectivity index (χ2v) is 5.76. The Morgan fingerprint density at radius 1 is 1.38 bits per heavy atom. The van der Waals surface area contributed by atoms with Crippen LogP contribution in [0.4, 0.5) is 4.39 Å². The lowest BCUT2D eigenvalue weighted by molar-refractivity contribution is 0.0135. The molecule has 0 aromatic rings. The minimum atomic E-state index is -1.64. The molecule has 0 N–H and O–H groups in total. The Balaban J connectivity index is 2.76. The minimum absolute atomic E-state index is 0.0589. The Morgan fingerprint density at radius 2 is 1.88 bits per heavy atom. The Kier molecular flexibility index (Phi) is 5.74. The van der Waals surface area contributed by atoms with Gasteiger partial charge in [0.25, 0.3) is 0 Å². The average Bonchev–Trinajstić information content (AvgIpc) is 2.25.